The van der Waals surface area contributed by atoms with Gasteiger partial charge < -0.3 is 21.6 Å². The van der Waals surface area contributed by atoms with Crippen LogP contribution in [0.1, 0.15) is 13.8 Å². The highest BCUT2D eigenvalue weighted by molar-refractivity contribution is 7.99. The van der Waals surface area contributed by atoms with Gasteiger partial charge in [0, 0.05) is 11.5 Å². The molecule has 2 saturated heterocycles. The van der Waals surface area contributed by atoms with Crippen LogP contribution in [0, 0.1) is 0 Å². The van der Waals surface area contributed by atoms with Crippen molar-refractivity contribution in [3.05, 3.63) is 0 Å². The van der Waals surface area contributed by atoms with E-state index in [2.05, 4.69) is 25.6 Å². The Morgan fingerprint density at radius 1 is 1.36 bits per heavy atom. The van der Waals surface area contributed by atoms with Crippen molar-refractivity contribution >= 4 is 11.8 Å². The van der Waals surface area contributed by atoms with Crippen LogP contribution >= 0.6 is 11.8 Å². The molecule has 0 bridgehead atoms. The molecule has 2 aliphatic heterocycles. The van der Waals surface area contributed by atoms with Gasteiger partial charge in [0.25, 0.3) is 0 Å². The summed E-state index contributed by atoms with van der Waals surface area (Å²) in [5.74, 6) is 2.67. The first-order chi connectivity index (χ1) is 6.18. The molecule has 2 rings (SSSR count). The van der Waals surface area contributed by atoms with E-state index in [0.29, 0.717) is 0 Å². The molecule has 0 aromatic carbocycles. The Kier molecular flexibility index (Phi) is 4.15. The molecule has 0 N–H and O–H groups in total. The van der Waals surface area contributed by atoms with E-state index in [1.165, 1.54) is 42.2 Å². The number of halogens is 1. The molecular weight excluding hydrogens is 218 g/mol. The third-order valence-electron chi connectivity index (χ3n) is 3.40. The Bertz CT molecular complexity index is 191. The minimum absolute atomic E-state index is 0. The highest BCUT2D eigenvalue weighted by Crippen LogP contribution is 2.31. The summed E-state index contributed by atoms with van der Waals surface area (Å²) in [6, 6.07) is 0. The van der Waals surface area contributed by atoms with Crippen LogP contribution in [0.3, 0.4) is 0 Å². The van der Waals surface area contributed by atoms with Crippen molar-refractivity contribution in [1.82, 2.24) is 0 Å². The molecular formula is C10H20ClNOS. The zero-order valence-electron chi connectivity index (χ0n) is 9.09. The van der Waals surface area contributed by atoms with E-state index >= 15 is 0 Å². The highest BCUT2D eigenvalue weighted by atomic mass is 35.5. The van der Waals surface area contributed by atoms with E-state index in [1.807, 2.05) is 0 Å². The van der Waals surface area contributed by atoms with Gasteiger partial charge in [-0.3, -0.25) is 0 Å². The molecule has 2 nitrogen and oxygen atoms in total. The van der Waals surface area contributed by atoms with Crippen LogP contribution in [-0.4, -0.2) is 54.4 Å². The molecule has 0 radical (unpaired) electrons. The molecule has 84 valence electrons. The molecule has 0 saturated carbocycles. The van der Waals surface area contributed by atoms with E-state index in [-0.39, 0.29) is 18.0 Å². The minimum Gasteiger partial charge on any atom is -1.00 e. The fraction of sp³-hybridized carbons (Fsp3) is 1.00. The van der Waals surface area contributed by atoms with Gasteiger partial charge in [-0.15, -0.1) is 0 Å². The maximum atomic E-state index is 5.50. The molecule has 0 aromatic rings. The van der Waals surface area contributed by atoms with Gasteiger partial charge in [0.05, 0.1) is 26.2 Å². The molecule has 1 atom stereocenters. The van der Waals surface area contributed by atoms with Crippen molar-refractivity contribution in [2.45, 2.75) is 19.4 Å². The molecule has 0 aliphatic carbocycles. The first kappa shape index (κ1) is 12.6. The molecule has 1 unspecified atom stereocenters. The zero-order chi connectivity index (χ0) is 9.36. The summed E-state index contributed by atoms with van der Waals surface area (Å²) >= 11 is 2.10. The van der Waals surface area contributed by atoms with Crippen LogP contribution in [0.5, 0.6) is 0 Å². The van der Waals surface area contributed by atoms with Crippen LogP contribution < -0.4 is 12.4 Å². The average molecular weight is 238 g/mol. The second-order valence-corrected chi connectivity index (χ2v) is 5.84. The summed E-state index contributed by atoms with van der Waals surface area (Å²) in [5.41, 5.74) is 0.234. The number of epoxide rings is 1. The van der Waals surface area contributed by atoms with Crippen LogP contribution in [0.4, 0.5) is 0 Å². The summed E-state index contributed by atoms with van der Waals surface area (Å²) in [6.45, 7) is 10.8. The second-order valence-electron chi connectivity index (χ2n) is 4.61. The summed E-state index contributed by atoms with van der Waals surface area (Å²) in [5, 5.41) is 0. The summed E-state index contributed by atoms with van der Waals surface area (Å²) in [4.78, 5) is 0. The maximum Gasteiger partial charge on any atom is 0.137 e. The molecule has 4 heteroatoms. The van der Waals surface area contributed by atoms with Gasteiger partial charge in [0.2, 0.25) is 0 Å². The fourth-order valence-corrected chi connectivity index (χ4v) is 3.48. The number of thioether (sulfide) groups is 1. The molecule has 0 aromatic heterocycles. The molecule has 14 heavy (non-hydrogen) atoms. The lowest BCUT2D eigenvalue weighted by atomic mass is 10.1. The summed E-state index contributed by atoms with van der Waals surface area (Å²) in [7, 11) is 0. The van der Waals surface area contributed by atoms with Gasteiger partial charge in [-0.1, -0.05) is 0 Å². The first-order valence-corrected chi connectivity index (χ1v) is 6.40. The number of quaternary nitrogens is 1. The Balaban J connectivity index is 0.000000980. The maximum absolute atomic E-state index is 5.50. The van der Waals surface area contributed by atoms with E-state index in [0.717, 1.165) is 6.61 Å². The standard InChI is InChI=1S/C10H20NOS.ClH/c1-3-11(4-6-13-7-5-11)8-10(2)9-12-10;/h3-9H2,1-2H3;1H/q+1;/p-1. The van der Waals surface area contributed by atoms with Gasteiger partial charge in [0.1, 0.15) is 12.1 Å². The van der Waals surface area contributed by atoms with Gasteiger partial charge in [-0.2, -0.15) is 11.8 Å². The zero-order valence-corrected chi connectivity index (χ0v) is 10.7. The number of hydrogen-bond donors (Lipinski definition) is 0. The average Bonchev–Trinajstić information content (AvgIpc) is 2.85. The Hall–Kier alpha value is 0.560. The van der Waals surface area contributed by atoms with Crippen LogP contribution in [0.15, 0.2) is 0 Å². The lowest BCUT2D eigenvalue weighted by molar-refractivity contribution is -0.925. The summed E-state index contributed by atoms with van der Waals surface area (Å²) < 4.78 is 6.80. The van der Waals surface area contributed by atoms with Crippen molar-refractivity contribution in [2.24, 2.45) is 0 Å². The van der Waals surface area contributed by atoms with Crippen molar-refractivity contribution in [2.75, 3.05) is 44.3 Å². The lowest BCUT2D eigenvalue weighted by Crippen LogP contribution is -3.00. The van der Waals surface area contributed by atoms with Crippen molar-refractivity contribution in [1.29, 1.82) is 0 Å². The molecule has 0 spiro atoms. The van der Waals surface area contributed by atoms with E-state index < -0.39 is 0 Å². The monoisotopic (exact) mass is 237 g/mol. The quantitative estimate of drug-likeness (QED) is 0.432. The smallest absolute Gasteiger partial charge is 0.137 e. The minimum atomic E-state index is 0. The molecule has 2 aliphatic rings. The molecule has 2 heterocycles. The number of ether oxygens (including phenoxy) is 1. The Morgan fingerprint density at radius 2 is 1.93 bits per heavy atom. The van der Waals surface area contributed by atoms with Gasteiger partial charge in [0.15, 0.2) is 0 Å². The Labute approximate surface area is 97.4 Å². The molecule has 2 fully saturated rings. The largest absolute Gasteiger partial charge is 1.00 e. The van der Waals surface area contributed by atoms with Crippen LogP contribution in [-0.2, 0) is 4.74 Å². The van der Waals surface area contributed by atoms with Gasteiger partial charge in [-0.25, -0.2) is 0 Å². The van der Waals surface area contributed by atoms with Crippen molar-refractivity contribution in [3.8, 4) is 0 Å². The second kappa shape index (κ2) is 4.60. The third-order valence-corrected chi connectivity index (χ3v) is 4.34. The van der Waals surface area contributed by atoms with Gasteiger partial charge in [-0.05, 0) is 13.8 Å². The van der Waals surface area contributed by atoms with E-state index in [4.69, 9.17) is 4.74 Å². The van der Waals surface area contributed by atoms with E-state index in [1.54, 1.807) is 0 Å². The molecule has 0 amide bonds. The third kappa shape index (κ3) is 2.78. The lowest BCUT2D eigenvalue weighted by Gasteiger charge is -2.41. The normalized spacial score (nSPS) is 34.7. The SMILES string of the molecule is CC[N+]1(CC2(C)CO2)CCSCC1.[Cl-]. The fourth-order valence-electron chi connectivity index (χ4n) is 2.24. The van der Waals surface area contributed by atoms with Crippen molar-refractivity contribution in [3.63, 3.8) is 0 Å². The summed E-state index contributed by atoms with van der Waals surface area (Å²) in [6.07, 6.45) is 0. The number of nitrogens with zero attached hydrogens (tertiary/aromatic N) is 1. The Morgan fingerprint density at radius 3 is 2.36 bits per heavy atom. The highest BCUT2D eigenvalue weighted by Gasteiger charge is 2.47. The number of rotatable bonds is 3. The van der Waals surface area contributed by atoms with Crippen LogP contribution in [0.2, 0.25) is 0 Å². The topological polar surface area (TPSA) is 12.5 Å². The number of hydrogen-bond acceptors (Lipinski definition) is 2. The number of likely N-dealkylation sites (N-methyl/N-ethyl adjacent to an activating group) is 1. The van der Waals surface area contributed by atoms with Crippen molar-refractivity contribution < 1.29 is 21.6 Å². The van der Waals surface area contributed by atoms with Crippen LogP contribution in [0.25, 0.3) is 0 Å². The first-order valence-electron chi connectivity index (χ1n) is 5.25. The predicted octanol–water partition coefficient (Wildman–Crippen LogP) is -1.64. The predicted molar refractivity (Wildman–Crippen MR) is 57.1 cm³/mol. The van der Waals surface area contributed by atoms with E-state index in [9.17, 15) is 0 Å². The van der Waals surface area contributed by atoms with Gasteiger partial charge >= 0.3 is 0 Å².